The average Bonchev–Trinajstić information content (AvgIpc) is 3.21. The maximum absolute atomic E-state index is 12.4. The number of rotatable bonds is 7. The summed E-state index contributed by atoms with van der Waals surface area (Å²) in [5, 5.41) is 0. The molecular weight excluding hydrogens is 292 g/mol. The van der Waals surface area contributed by atoms with Gasteiger partial charge in [0.25, 0.3) is 0 Å². The first kappa shape index (κ1) is 15.8. The number of benzene rings is 1. The van der Waals surface area contributed by atoms with Crippen LogP contribution in [-0.4, -0.2) is 27.5 Å². The highest BCUT2D eigenvalue weighted by molar-refractivity contribution is 7.89. The molecule has 1 unspecified atom stereocenters. The maximum Gasteiger partial charge on any atom is 0.240 e. The van der Waals surface area contributed by atoms with Gasteiger partial charge >= 0.3 is 0 Å². The number of hydrogen-bond donors (Lipinski definition) is 2. The summed E-state index contributed by atoms with van der Waals surface area (Å²) in [5.41, 5.74) is 5.92. The fourth-order valence-corrected chi connectivity index (χ4v) is 3.69. The summed E-state index contributed by atoms with van der Waals surface area (Å²) in [5.74, 6) is 0.331. The molecule has 1 aromatic rings. The summed E-state index contributed by atoms with van der Waals surface area (Å²) < 4.78 is 32.5. The van der Waals surface area contributed by atoms with Crippen molar-refractivity contribution in [1.29, 1.82) is 0 Å². The van der Waals surface area contributed by atoms with Crippen LogP contribution in [0.5, 0.6) is 5.75 Å². The zero-order chi connectivity index (χ0) is 15.6. The molecule has 0 aromatic heterocycles. The van der Waals surface area contributed by atoms with E-state index >= 15 is 0 Å². The second-order valence-corrected chi connectivity index (χ2v) is 7.08. The van der Waals surface area contributed by atoms with Gasteiger partial charge in [0.05, 0.1) is 12.0 Å². The molecule has 0 spiro atoms. The van der Waals surface area contributed by atoms with Gasteiger partial charge in [-0.2, -0.15) is 0 Å². The summed E-state index contributed by atoms with van der Waals surface area (Å²) in [6, 6.07) is 4.23. The van der Waals surface area contributed by atoms with Gasteiger partial charge in [-0.25, -0.2) is 13.1 Å². The molecule has 0 heterocycles. The number of sulfonamides is 1. The van der Waals surface area contributed by atoms with Gasteiger partial charge in [-0.05, 0) is 49.4 Å². The molecule has 0 aliphatic heterocycles. The van der Waals surface area contributed by atoms with Crippen LogP contribution in [0.15, 0.2) is 23.1 Å². The van der Waals surface area contributed by atoms with Crippen LogP contribution >= 0.6 is 0 Å². The van der Waals surface area contributed by atoms with Crippen molar-refractivity contribution in [2.45, 2.75) is 37.1 Å². The predicted octanol–water partition coefficient (Wildman–Crippen LogP) is 0.936. The first-order chi connectivity index (χ1) is 9.83. The van der Waals surface area contributed by atoms with E-state index in [2.05, 4.69) is 4.72 Å². The minimum Gasteiger partial charge on any atom is -0.496 e. The third-order valence-corrected chi connectivity index (χ3v) is 5.08. The highest BCUT2D eigenvalue weighted by Crippen LogP contribution is 2.34. The average molecular weight is 312 g/mol. The number of amides is 1. The molecule has 1 saturated carbocycles. The minimum absolute atomic E-state index is 0.0268. The lowest BCUT2D eigenvalue weighted by Gasteiger charge is -2.17. The molecule has 3 N–H and O–H groups in total. The Kier molecular flexibility index (Phi) is 4.53. The zero-order valence-corrected chi connectivity index (χ0v) is 12.9. The van der Waals surface area contributed by atoms with E-state index < -0.39 is 22.0 Å². The lowest BCUT2D eigenvalue weighted by molar-refractivity contribution is -0.118. The molecule has 1 amide bonds. The summed E-state index contributed by atoms with van der Waals surface area (Å²) in [6.07, 6.45) is 1.86. The summed E-state index contributed by atoms with van der Waals surface area (Å²) >= 11 is 0. The third-order valence-electron chi connectivity index (χ3n) is 3.60. The van der Waals surface area contributed by atoms with Crippen molar-refractivity contribution in [1.82, 2.24) is 4.72 Å². The number of methoxy groups -OCH3 is 1. The van der Waals surface area contributed by atoms with Crippen molar-refractivity contribution >= 4 is 15.9 Å². The van der Waals surface area contributed by atoms with Crippen molar-refractivity contribution in [3.8, 4) is 5.75 Å². The summed E-state index contributed by atoms with van der Waals surface area (Å²) in [7, 11) is -2.14. The first-order valence-corrected chi connectivity index (χ1v) is 8.27. The van der Waals surface area contributed by atoms with E-state index in [1.54, 1.807) is 19.1 Å². The van der Waals surface area contributed by atoms with Gasteiger partial charge < -0.3 is 10.5 Å². The molecular formula is C14H20N2O4S. The van der Waals surface area contributed by atoms with Gasteiger partial charge in [-0.1, -0.05) is 0 Å². The number of nitrogens with one attached hydrogen (secondary N) is 1. The predicted molar refractivity (Wildman–Crippen MR) is 78.4 cm³/mol. The second-order valence-electron chi connectivity index (χ2n) is 5.37. The minimum atomic E-state index is -3.67. The number of nitrogens with two attached hydrogens (primary N) is 1. The number of carbonyl (C=O) groups excluding carboxylic acids is 1. The Labute approximate surface area is 124 Å². The Morgan fingerprint density at radius 2 is 2.14 bits per heavy atom. The molecule has 7 heteroatoms. The van der Waals surface area contributed by atoms with Gasteiger partial charge in [0.2, 0.25) is 15.9 Å². The lowest BCUT2D eigenvalue weighted by atomic mass is 10.1. The van der Waals surface area contributed by atoms with Gasteiger partial charge in [-0.15, -0.1) is 0 Å². The number of primary amides is 1. The van der Waals surface area contributed by atoms with E-state index in [-0.39, 0.29) is 17.2 Å². The Morgan fingerprint density at radius 3 is 2.62 bits per heavy atom. The Balaban J connectivity index is 2.20. The molecule has 2 rings (SSSR count). The van der Waals surface area contributed by atoms with Crippen LogP contribution < -0.4 is 15.2 Å². The standard InChI is InChI=1S/C14H20N2O4S/c1-9-7-11(5-6-13(9)20-2)21(18,19)16-12(8-14(15)17)10-3-4-10/h5-7,10,12,16H,3-4,8H2,1-2H3,(H2,15,17). The third kappa shape index (κ3) is 3.95. The summed E-state index contributed by atoms with van der Waals surface area (Å²) in [6.45, 7) is 1.78. The molecule has 1 aromatic carbocycles. The van der Waals surface area contributed by atoms with Crippen LogP contribution in [0.3, 0.4) is 0 Å². The fourth-order valence-electron chi connectivity index (χ4n) is 2.31. The number of ether oxygens (including phenoxy) is 1. The molecule has 0 radical (unpaired) electrons. The van der Waals surface area contributed by atoms with Crippen molar-refractivity contribution in [3.05, 3.63) is 23.8 Å². The lowest BCUT2D eigenvalue weighted by Crippen LogP contribution is -2.39. The molecule has 6 nitrogen and oxygen atoms in total. The molecule has 1 aliphatic carbocycles. The Hall–Kier alpha value is -1.60. The van der Waals surface area contributed by atoms with E-state index in [1.807, 2.05) is 0 Å². The van der Waals surface area contributed by atoms with E-state index in [4.69, 9.17) is 10.5 Å². The number of hydrogen-bond acceptors (Lipinski definition) is 4. The van der Waals surface area contributed by atoms with Gasteiger partial charge in [0.15, 0.2) is 0 Å². The van der Waals surface area contributed by atoms with E-state index in [1.165, 1.54) is 13.2 Å². The highest BCUT2D eigenvalue weighted by atomic mass is 32.2. The maximum atomic E-state index is 12.4. The van der Waals surface area contributed by atoms with E-state index in [9.17, 15) is 13.2 Å². The number of aryl methyl sites for hydroxylation is 1. The highest BCUT2D eigenvalue weighted by Gasteiger charge is 2.35. The van der Waals surface area contributed by atoms with Crippen molar-refractivity contribution in [3.63, 3.8) is 0 Å². The monoisotopic (exact) mass is 312 g/mol. The summed E-state index contributed by atoms with van der Waals surface area (Å²) in [4.78, 5) is 11.2. The van der Waals surface area contributed by atoms with Crippen molar-refractivity contribution < 1.29 is 17.9 Å². The smallest absolute Gasteiger partial charge is 0.240 e. The van der Waals surface area contributed by atoms with Gasteiger partial charge in [-0.3, -0.25) is 4.79 Å². The zero-order valence-electron chi connectivity index (χ0n) is 12.1. The molecule has 1 atom stereocenters. The quantitative estimate of drug-likeness (QED) is 0.782. The van der Waals surface area contributed by atoms with Crippen molar-refractivity contribution in [2.24, 2.45) is 11.7 Å². The molecule has 1 fully saturated rings. The molecule has 0 saturated heterocycles. The van der Waals surface area contributed by atoms with Crippen LogP contribution in [-0.2, 0) is 14.8 Å². The molecule has 116 valence electrons. The van der Waals surface area contributed by atoms with Crippen LogP contribution in [0.1, 0.15) is 24.8 Å². The van der Waals surface area contributed by atoms with Crippen molar-refractivity contribution in [2.75, 3.05) is 7.11 Å². The normalized spacial score (nSPS) is 16.5. The molecule has 1 aliphatic rings. The SMILES string of the molecule is COc1ccc(S(=O)(=O)NC(CC(N)=O)C2CC2)cc1C. The topological polar surface area (TPSA) is 98.5 Å². The Morgan fingerprint density at radius 1 is 1.48 bits per heavy atom. The van der Waals surface area contributed by atoms with Crippen LogP contribution in [0.4, 0.5) is 0 Å². The van der Waals surface area contributed by atoms with Gasteiger partial charge in [0, 0.05) is 12.5 Å². The Bertz CT molecular complexity index is 638. The van der Waals surface area contributed by atoms with E-state index in [0.29, 0.717) is 5.75 Å². The van der Waals surface area contributed by atoms with Gasteiger partial charge in [0.1, 0.15) is 5.75 Å². The van der Waals surface area contributed by atoms with E-state index in [0.717, 1.165) is 18.4 Å². The van der Waals surface area contributed by atoms with Crippen LogP contribution in [0.25, 0.3) is 0 Å². The first-order valence-electron chi connectivity index (χ1n) is 6.79. The van der Waals surface area contributed by atoms with Crippen LogP contribution in [0, 0.1) is 12.8 Å². The number of carbonyl (C=O) groups is 1. The fraction of sp³-hybridized carbons (Fsp3) is 0.500. The van der Waals surface area contributed by atoms with Crippen LogP contribution in [0.2, 0.25) is 0 Å². The largest absolute Gasteiger partial charge is 0.496 e. The molecule has 21 heavy (non-hydrogen) atoms. The second kappa shape index (κ2) is 6.03. The molecule has 0 bridgehead atoms.